The summed E-state index contributed by atoms with van der Waals surface area (Å²) in [5.41, 5.74) is 1.12. The highest BCUT2D eigenvalue weighted by Gasteiger charge is 2.09. The van der Waals surface area contributed by atoms with Crippen LogP contribution in [0.3, 0.4) is 0 Å². The van der Waals surface area contributed by atoms with E-state index in [1.54, 1.807) is 0 Å². The van der Waals surface area contributed by atoms with Crippen LogP contribution in [0.2, 0.25) is 5.02 Å². The van der Waals surface area contributed by atoms with Gasteiger partial charge in [-0.05, 0) is 43.4 Å². The van der Waals surface area contributed by atoms with E-state index in [0.29, 0.717) is 19.1 Å². The van der Waals surface area contributed by atoms with Crippen LogP contribution in [-0.2, 0) is 4.74 Å². The van der Waals surface area contributed by atoms with E-state index in [9.17, 15) is 5.11 Å². The van der Waals surface area contributed by atoms with Gasteiger partial charge >= 0.3 is 0 Å². The normalized spacial score (nSPS) is 14.4. The summed E-state index contributed by atoms with van der Waals surface area (Å²) in [7, 11) is 0. The van der Waals surface area contributed by atoms with Crippen LogP contribution in [-0.4, -0.2) is 31.0 Å². The maximum atomic E-state index is 9.89. The molecule has 1 rings (SSSR count). The van der Waals surface area contributed by atoms with Crippen molar-refractivity contribution in [3.8, 4) is 0 Å². The van der Waals surface area contributed by atoms with Crippen molar-refractivity contribution in [1.82, 2.24) is 5.32 Å². The van der Waals surface area contributed by atoms with Crippen molar-refractivity contribution in [1.29, 1.82) is 0 Å². The quantitative estimate of drug-likeness (QED) is 0.645. The first kappa shape index (κ1) is 18.4. The van der Waals surface area contributed by atoms with Crippen LogP contribution >= 0.6 is 11.6 Å². The van der Waals surface area contributed by atoms with Gasteiger partial charge in [0.1, 0.15) is 0 Å². The molecule has 0 fully saturated rings. The lowest BCUT2D eigenvalue weighted by Gasteiger charge is -2.18. The average molecular weight is 314 g/mol. The molecule has 2 atom stereocenters. The van der Waals surface area contributed by atoms with Gasteiger partial charge in [-0.15, -0.1) is 0 Å². The van der Waals surface area contributed by atoms with Gasteiger partial charge in [0.15, 0.2) is 0 Å². The van der Waals surface area contributed by atoms with Gasteiger partial charge in [-0.25, -0.2) is 0 Å². The van der Waals surface area contributed by atoms with E-state index in [1.807, 2.05) is 24.3 Å². The van der Waals surface area contributed by atoms with Crippen molar-refractivity contribution in [2.75, 3.05) is 19.8 Å². The highest BCUT2D eigenvalue weighted by atomic mass is 35.5. The van der Waals surface area contributed by atoms with E-state index >= 15 is 0 Å². The number of aliphatic hydroxyl groups is 1. The predicted octanol–water partition coefficient (Wildman–Crippen LogP) is 3.80. The van der Waals surface area contributed by atoms with Crippen LogP contribution in [0.25, 0.3) is 0 Å². The Morgan fingerprint density at radius 3 is 2.71 bits per heavy atom. The van der Waals surface area contributed by atoms with Crippen LogP contribution < -0.4 is 5.32 Å². The molecule has 1 aromatic carbocycles. The van der Waals surface area contributed by atoms with Gasteiger partial charge in [-0.2, -0.15) is 0 Å². The molecule has 2 unspecified atom stereocenters. The molecule has 0 aliphatic carbocycles. The summed E-state index contributed by atoms with van der Waals surface area (Å²) in [4.78, 5) is 0. The third kappa shape index (κ3) is 8.42. The van der Waals surface area contributed by atoms with Crippen molar-refractivity contribution >= 4 is 11.6 Å². The summed E-state index contributed by atoms with van der Waals surface area (Å²) < 4.78 is 5.49. The zero-order valence-corrected chi connectivity index (χ0v) is 14.1. The molecular weight excluding hydrogens is 286 g/mol. The monoisotopic (exact) mass is 313 g/mol. The molecule has 0 radical (unpaired) electrons. The third-order valence-corrected chi connectivity index (χ3v) is 3.62. The Hall–Kier alpha value is -0.610. The lowest BCUT2D eigenvalue weighted by atomic mass is 10.1. The van der Waals surface area contributed by atoms with Crippen molar-refractivity contribution in [3.63, 3.8) is 0 Å². The minimum Gasteiger partial charge on any atom is -0.389 e. The van der Waals surface area contributed by atoms with Gasteiger partial charge < -0.3 is 15.2 Å². The van der Waals surface area contributed by atoms with Crippen molar-refractivity contribution in [2.45, 2.75) is 45.8 Å². The molecule has 2 N–H and O–H groups in total. The lowest BCUT2D eigenvalue weighted by molar-refractivity contribution is 0.0337. The maximum absolute atomic E-state index is 9.89. The molecule has 0 aliphatic rings. The van der Waals surface area contributed by atoms with Crippen LogP contribution in [0.5, 0.6) is 0 Å². The first-order chi connectivity index (χ1) is 9.99. The number of hydrogen-bond donors (Lipinski definition) is 2. The van der Waals surface area contributed by atoms with Crippen LogP contribution in [0.15, 0.2) is 24.3 Å². The van der Waals surface area contributed by atoms with Gasteiger partial charge in [-0.1, -0.05) is 37.6 Å². The number of hydrogen-bond acceptors (Lipinski definition) is 3. The smallest absolute Gasteiger partial charge is 0.0897 e. The Morgan fingerprint density at radius 2 is 2.05 bits per heavy atom. The van der Waals surface area contributed by atoms with Crippen LogP contribution in [0.4, 0.5) is 0 Å². The van der Waals surface area contributed by atoms with E-state index in [-0.39, 0.29) is 6.04 Å². The molecule has 21 heavy (non-hydrogen) atoms. The summed E-state index contributed by atoms with van der Waals surface area (Å²) in [6.45, 7) is 8.08. The van der Waals surface area contributed by atoms with Crippen LogP contribution in [0.1, 0.15) is 45.2 Å². The summed E-state index contributed by atoms with van der Waals surface area (Å²) in [6, 6.07) is 7.91. The van der Waals surface area contributed by atoms with Crippen molar-refractivity contribution in [2.24, 2.45) is 5.92 Å². The molecule has 0 aromatic heterocycles. The Morgan fingerprint density at radius 1 is 1.29 bits per heavy atom. The zero-order chi connectivity index (χ0) is 15.7. The fraction of sp³-hybridized carbons (Fsp3) is 0.647. The van der Waals surface area contributed by atoms with Gasteiger partial charge in [0.2, 0.25) is 0 Å². The summed E-state index contributed by atoms with van der Waals surface area (Å²) >= 11 is 5.97. The second-order valence-corrected chi connectivity index (χ2v) is 6.39. The van der Waals surface area contributed by atoms with Gasteiger partial charge in [0.05, 0.1) is 12.7 Å². The number of ether oxygens (including phenoxy) is 1. The Balaban J connectivity index is 2.16. The molecule has 0 saturated carbocycles. The van der Waals surface area contributed by atoms with Crippen LogP contribution in [0, 0.1) is 5.92 Å². The highest BCUT2D eigenvalue weighted by Crippen LogP contribution is 2.17. The highest BCUT2D eigenvalue weighted by molar-refractivity contribution is 6.30. The minimum atomic E-state index is -0.481. The molecule has 3 nitrogen and oxygen atoms in total. The van der Waals surface area contributed by atoms with E-state index in [1.165, 1.54) is 6.42 Å². The molecule has 0 amide bonds. The molecule has 1 aromatic rings. The summed E-state index contributed by atoms with van der Waals surface area (Å²) in [5, 5.41) is 13.9. The molecule has 120 valence electrons. The van der Waals surface area contributed by atoms with Gasteiger partial charge in [0, 0.05) is 24.2 Å². The largest absolute Gasteiger partial charge is 0.389 e. The van der Waals surface area contributed by atoms with E-state index in [4.69, 9.17) is 16.3 Å². The summed E-state index contributed by atoms with van der Waals surface area (Å²) in [6.07, 6.45) is 1.74. The fourth-order valence-electron chi connectivity index (χ4n) is 2.08. The average Bonchev–Trinajstić information content (AvgIpc) is 2.44. The first-order valence-corrected chi connectivity index (χ1v) is 8.11. The van der Waals surface area contributed by atoms with E-state index in [2.05, 4.69) is 26.1 Å². The topological polar surface area (TPSA) is 41.5 Å². The number of benzene rings is 1. The Bertz CT molecular complexity index is 398. The number of rotatable bonds is 10. The van der Waals surface area contributed by atoms with Gasteiger partial charge in [0.25, 0.3) is 0 Å². The number of aliphatic hydroxyl groups excluding tert-OH is 1. The van der Waals surface area contributed by atoms with Crippen molar-refractivity contribution in [3.05, 3.63) is 34.9 Å². The standard InChI is InChI=1S/C17H28ClNO2/c1-13(2)6-5-9-21-12-17(20)11-19-14(3)15-7-4-8-16(18)10-15/h4,7-8,10,13-14,17,19-20H,5-6,9,11-12H2,1-3H3. The minimum absolute atomic E-state index is 0.152. The number of nitrogens with one attached hydrogen (secondary N) is 1. The third-order valence-electron chi connectivity index (χ3n) is 3.39. The zero-order valence-electron chi connectivity index (χ0n) is 13.3. The predicted molar refractivity (Wildman–Crippen MR) is 88.8 cm³/mol. The molecule has 0 spiro atoms. The molecular formula is C17H28ClNO2. The lowest BCUT2D eigenvalue weighted by Crippen LogP contribution is -2.32. The SMILES string of the molecule is CC(C)CCCOCC(O)CNC(C)c1cccc(Cl)c1. The second-order valence-electron chi connectivity index (χ2n) is 5.95. The molecule has 0 heterocycles. The van der Waals surface area contributed by atoms with Gasteiger partial charge in [-0.3, -0.25) is 0 Å². The summed E-state index contributed by atoms with van der Waals surface area (Å²) in [5.74, 6) is 0.707. The molecule has 0 bridgehead atoms. The second kappa shape index (κ2) is 10.2. The molecule has 0 aliphatic heterocycles. The Kier molecular flexibility index (Phi) is 8.93. The Labute approximate surface area is 133 Å². The van der Waals surface area contributed by atoms with E-state index in [0.717, 1.165) is 23.6 Å². The van der Waals surface area contributed by atoms with Crippen molar-refractivity contribution < 1.29 is 9.84 Å². The number of halogens is 1. The first-order valence-electron chi connectivity index (χ1n) is 7.73. The molecule has 4 heteroatoms. The molecule has 0 saturated heterocycles. The fourth-order valence-corrected chi connectivity index (χ4v) is 2.28. The van der Waals surface area contributed by atoms with E-state index < -0.39 is 6.10 Å². The maximum Gasteiger partial charge on any atom is 0.0897 e.